The third-order valence-corrected chi connectivity index (χ3v) is 7.17. The summed E-state index contributed by atoms with van der Waals surface area (Å²) in [5.41, 5.74) is 2.53. The van der Waals surface area contributed by atoms with Gasteiger partial charge in [-0.1, -0.05) is 13.8 Å². The van der Waals surface area contributed by atoms with Gasteiger partial charge in [0, 0.05) is 18.8 Å². The number of rotatable bonds is 3. The van der Waals surface area contributed by atoms with E-state index in [0.29, 0.717) is 5.92 Å². The van der Waals surface area contributed by atoms with E-state index in [2.05, 4.69) is 54.0 Å². The molecule has 3 fully saturated rings. The highest BCUT2D eigenvalue weighted by molar-refractivity contribution is 5.46. The lowest BCUT2D eigenvalue weighted by Crippen LogP contribution is -2.48. The van der Waals surface area contributed by atoms with Gasteiger partial charge >= 0.3 is 0 Å². The smallest absolute Gasteiger partial charge is 0.0860 e. The first kappa shape index (κ1) is 19.2. The van der Waals surface area contributed by atoms with Crippen LogP contribution in [-0.2, 0) is 4.74 Å². The van der Waals surface area contributed by atoms with Crippen LogP contribution in [0.15, 0.2) is 18.3 Å². The van der Waals surface area contributed by atoms with Crippen LogP contribution in [0.4, 0.5) is 5.69 Å². The lowest BCUT2D eigenvalue weighted by molar-refractivity contribution is -0.00756. The number of nitrogens with zero attached hydrogens (tertiary/aromatic N) is 3. The van der Waals surface area contributed by atoms with Crippen LogP contribution in [0.3, 0.4) is 0 Å². The largest absolute Gasteiger partial charge is 0.373 e. The zero-order chi connectivity index (χ0) is 18.9. The number of ether oxygens (including phenoxy) is 1. The molecule has 150 valence electrons. The maximum atomic E-state index is 6.55. The minimum atomic E-state index is 0.0812. The molecule has 4 nitrogen and oxygen atoms in total. The van der Waals surface area contributed by atoms with Gasteiger partial charge in [0.05, 0.1) is 24.1 Å². The summed E-state index contributed by atoms with van der Waals surface area (Å²) >= 11 is 0. The van der Waals surface area contributed by atoms with Crippen LogP contribution in [0.25, 0.3) is 0 Å². The van der Waals surface area contributed by atoms with Gasteiger partial charge in [0.2, 0.25) is 0 Å². The Kier molecular flexibility index (Phi) is 5.75. The van der Waals surface area contributed by atoms with E-state index in [9.17, 15) is 0 Å². The van der Waals surface area contributed by atoms with Crippen LogP contribution >= 0.6 is 0 Å². The molecule has 3 atom stereocenters. The summed E-state index contributed by atoms with van der Waals surface area (Å²) in [6, 6.07) is 4.45. The van der Waals surface area contributed by atoms with E-state index in [1.165, 1.54) is 63.0 Å². The molecule has 4 rings (SSSR count). The lowest BCUT2D eigenvalue weighted by atomic mass is 9.79. The van der Waals surface area contributed by atoms with Gasteiger partial charge in [0.25, 0.3) is 0 Å². The molecule has 0 aliphatic carbocycles. The Balaban J connectivity index is 1.40. The van der Waals surface area contributed by atoms with Crippen molar-refractivity contribution in [2.24, 2.45) is 11.8 Å². The second-order valence-corrected chi connectivity index (χ2v) is 9.57. The van der Waals surface area contributed by atoms with E-state index in [4.69, 9.17) is 4.74 Å². The Labute approximate surface area is 165 Å². The molecule has 0 N–H and O–H groups in total. The molecule has 0 saturated carbocycles. The van der Waals surface area contributed by atoms with Crippen LogP contribution in [0.5, 0.6) is 0 Å². The van der Waals surface area contributed by atoms with Gasteiger partial charge in [-0.05, 0) is 88.5 Å². The molecular weight excluding hydrogens is 334 g/mol. The molecular formula is C23H37N3O. The molecule has 27 heavy (non-hydrogen) atoms. The Hall–Kier alpha value is -1.13. The summed E-state index contributed by atoms with van der Waals surface area (Å²) in [4.78, 5) is 9.71. The molecule has 3 aliphatic rings. The minimum absolute atomic E-state index is 0.0812. The molecule has 0 aromatic carbocycles. The van der Waals surface area contributed by atoms with Crippen molar-refractivity contribution in [1.82, 2.24) is 9.88 Å². The molecule has 3 saturated heterocycles. The minimum Gasteiger partial charge on any atom is -0.373 e. The standard InChI is InChI=1S/C23H37N3O/c1-18(2)22-8-7-21(15-24-22)26-12-5-10-23(17-26)14-20(16-27-23)19-6-4-11-25(3)13-9-19/h7-8,15,18-20H,4-6,9-14,16-17H2,1-3H3. The molecule has 0 radical (unpaired) electrons. The van der Waals surface area contributed by atoms with Crippen molar-refractivity contribution in [3.63, 3.8) is 0 Å². The summed E-state index contributed by atoms with van der Waals surface area (Å²) < 4.78 is 6.55. The van der Waals surface area contributed by atoms with Gasteiger partial charge in [-0.15, -0.1) is 0 Å². The van der Waals surface area contributed by atoms with E-state index in [0.717, 1.165) is 31.5 Å². The molecule has 1 spiro atoms. The van der Waals surface area contributed by atoms with Crippen molar-refractivity contribution in [2.45, 2.75) is 63.9 Å². The summed E-state index contributed by atoms with van der Waals surface area (Å²) in [6.45, 7) is 10.1. The first-order valence-electron chi connectivity index (χ1n) is 11.1. The number of anilines is 1. The number of hydrogen-bond acceptors (Lipinski definition) is 4. The molecule has 1 aromatic rings. The summed E-state index contributed by atoms with van der Waals surface area (Å²) in [6.07, 6.45) is 9.88. The average Bonchev–Trinajstić information content (AvgIpc) is 2.94. The third kappa shape index (κ3) is 4.32. The molecule has 0 amide bonds. The van der Waals surface area contributed by atoms with Crippen molar-refractivity contribution < 1.29 is 4.74 Å². The van der Waals surface area contributed by atoms with Gasteiger partial charge in [0.1, 0.15) is 0 Å². The van der Waals surface area contributed by atoms with E-state index < -0.39 is 0 Å². The molecule has 3 unspecified atom stereocenters. The van der Waals surface area contributed by atoms with E-state index in [1.54, 1.807) is 0 Å². The summed E-state index contributed by atoms with van der Waals surface area (Å²) in [5.74, 6) is 2.11. The van der Waals surface area contributed by atoms with E-state index in [-0.39, 0.29) is 5.60 Å². The SMILES string of the molecule is CC(C)c1ccc(N2CCCC3(CC(C4CCCN(C)CC4)CO3)C2)cn1. The van der Waals surface area contributed by atoms with Gasteiger partial charge < -0.3 is 14.5 Å². The Bertz CT molecular complexity index is 617. The van der Waals surface area contributed by atoms with Crippen LogP contribution in [0.2, 0.25) is 0 Å². The topological polar surface area (TPSA) is 28.6 Å². The van der Waals surface area contributed by atoms with Crippen molar-refractivity contribution in [2.75, 3.05) is 44.7 Å². The normalized spacial score (nSPS) is 33.0. The number of hydrogen-bond donors (Lipinski definition) is 0. The zero-order valence-electron chi connectivity index (χ0n) is 17.5. The predicted molar refractivity (Wildman–Crippen MR) is 111 cm³/mol. The van der Waals surface area contributed by atoms with Crippen molar-refractivity contribution in [3.8, 4) is 0 Å². The second kappa shape index (κ2) is 8.08. The predicted octanol–water partition coefficient (Wildman–Crippen LogP) is 4.31. The molecule has 3 aliphatic heterocycles. The number of piperidine rings is 1. The third-order valence-electron chi connectivity index (χ3n) is 7.17. The summed E-state index contributed by atoms with van der Waals surface area (Å²) in [7, 11) is 2.27. The van der Waals surface area contributed by atoms with Crippen LogP contribution < -0.4 is 4.90 Å². The van der Waals surface area contributed by atoms with E-state index in [1.807, 2.05) is 0 Å². The Morgan fingerprint density at radius 2 is 2.00 bits per heavy atom. The zero-order valence-corrected chi connectivity index (χ0v) is 17.5. The number of aromatic nitrogens is 1. The molecule has 4 heterocycles. The molecule has 0 bridgehead atoms. The number of pyridine rings is 1. The highest BCUT2D eigenvalue weighted by Crippen LogP contribution is 2.43. The molecule has 1 aromatic heterocycles. The van der Waals surface area contributed by atoms with Crippen LogP contribution in [0.1, 0.15) is 64.0 Å². The lowest BCUT2D eigenvalue weighted by Gasteiger charge is -2.41. The van der Waals surface area contributed by atoms with Gasteiger partial charge in [-0.3, -0.25) is 4.98 Å². The van der Waals surface area contributed by atoms with E-state index >= 15 is 0 Å². The maximum Gasteiger partial charge on any atom is 0.0860 e. The van der Waals surface area contributed by atoms with Crippen molar-refractivity contribution >= 4 is 5.69 Å². The van der Waals surface area contributed by atoms with Gasteiger partial charge in [0.15, 0.2) is 0 Å². The second-order valence-electron chi connectivity index (χ2n) is 9.57. The quantitative estimate of drug-likeness (QED) is 0.791. The highest BCUT2D eigenvalue weighted by Gasteiger charge is 2.45. The monoisotopic (exact) mass is 371 g/mol. The fourth-order valence-electron chi connectivity index (χ4n) is 5.45. The fourth-order valence-corrected chi connectivity index (χ4v) is 5.45. The highest BCUT2D eigenvalue weighted by atomic mass is 16.5. The fraction of sp³-hybridized carbons (Fsp3) is 0.783. The van der Waals surface area contributed by atoms with Crippen molar-refractivity contribution in [1.29, 1.82) is 0 Å². The van der Waals surface area contributed by atoms with Crippen LogP contribution in [0, 0.1) is 11.8 Å². The Morgan fingerprint density at radius 3 is 2.78 bits per heavy atom. The first-order chi connectivity index (χ1) is 13.0. The average molecular weight is 372 g/mol. The summed E-state index contributed by atoms with van der Waals surface area (Å²) in [5, 5.41) is 0. The van der Waals surface area contributed by atoms with Crippen molar-refractivity contribution in [3.05, 3.63) is 24.0 Å². The number of likely N-dealkylation sites (tertiary alicyclic amines) is 1. The van der Waals surface area contributed by atoms with Gasteiger partial charge in [-0.2, -0.15) is 0 Å². The maximum absolute atomic E-state index is 6.55. The first-order valence-corrected chi connectivity index (χ1v) is 11.1. The Morgan fingerprint density at radius 1 is 1.11 bits per heavy atom. The molecule has 4 heteroatoms. The van der Waals surface area contributed by atoms with Crippen LogP contribution in [-0.4, -0.2) is 55.3 Å². The van der Waals surface area contributed by atoms with Gasteiger partial charge in [-0.25, -0.2) is 0 Å².